The van der Waals surface area contributed by atoms with Crippen molar-refractivity contribution < 1.29 is 9.13 Å². The number of hydrogen-bond donors (Lipinski definition) is 1. The van der Waals surface area contributed by atoms with Crippen LogP contribution in [0.4, 0.5) is 4.39 Å². The van der Waals surface area contributed by atoms with E-state index in [-0.39, 0.29) is 5.82 Å². The molecular formula is C15H23BrFNO. The summed E-state index contributed by atoms with van der Waals surface area (Å²) in [7, 11) is 1.72. The van der Waals surface area contributed by atoms with Crippen molar-refractivity contribution in [1.82, 2.24) is 5.32 Å². The van der Waals surface area contributed by atoms with E-state index in [0.29, 0.717) is 16.4 Å². The molecule has 1 aromatic rings. The zero-order chi connectivity index (χ0) is 14.3. The van der Waals surface area contributed by atoms with Gasteiger partial charge in [0.15, 0.2) is 0 Å². The van der Waals surface area contributed by atoms with Gasteiger partial charge in [-0.15, -0.1) is 0 Å². The van der Waals surface area contributed by atoms with Crippen molar-refractivity contribution in [2.24, 2.45) is 5.92 Å². The first-order chi connectivity index (χ1) is 9.08. The van der Waals surface area contributed by atoms with Gasteiger partial charge in [-0.3, -0.25) is 0 Å². The van der Waals surface area contributed by atoms with Crippen molar-refractivity contribution in [3.63, 3.8) is 0 Å². The lowest BCUT2D eigenvalue weighted by atomic mass is 9.96. The normalized spacial score (nSPS) is 14.4. The Morgan fingerprint density at radius 2 is 2.16 bits per heavy atom. The van der Waals surface area contributed by atoms with Crippen molar-refractivity contribution in [3.8, 4) is 0 Å². The molecule has 0 aliphatic heterocycles. The van der Waals surface area contributed by atoms with Gasteiger partial charge in [0.2, 0.25) is 0 Å². The molecule has 2 nitrogen and oxygen atoms in total. The molecule has 1 aromatic carbocycles. The molecule has 19 heavy (non-hydrogen) atoms. The number of hydrogen-bond acceptors (Lipinski definition) is 2. The Morgan fingerprint density at radius 3 is 2.79 bits per heavy atom. The zero-order valence-corrected chi connectivity index (χ0v) is 13.5. The zero-order valence-electron chi connectivity index (χ0n) is 11.9. The molecule has 0 radical (unpaired) electrons. The highest BCUT2D eigenvalue weighted by Crippen LogP contribution is 2.23. The van der Waals surface area contributed by atoms with Crippen molar-refractivity contribution in [1.29, 1.82) is 0 Å². The molecule has 1 rings (SSSR count). The van der Waals surface area contributed by atoms with Crippen molar-refractivity contribution in [2.45, 2.75) is 32.7 Å². The van der Waals surface area contributed by atoms with Crippen molar-refractivity contribution in [2.75, 3.05) is 20.3 Å². The summed E-state index contributed by atoms with van der Waals surface area (Å²) >= 11 is 3.33. The van der Waals surface area contributed by atoms with Gasteiger partial charge in [-0.05, 0) is 52.9 Å². The fourth-order valence-electron chi connectivity index (χ4n) is 2.34. The second-order valence-corrected chi connectivity index (χ2v) is 5.76. The summed E-state index contributed by atoms with van der Waals surface area (Å²) in [4.78, 5) is 0. The summed E-state index contributed by atoms with van der Waals surface area (Å²) in [5.41, 5.74) is 1.01. The van der Waals surface area contributed by atoms with Crippen LogP contribution < -0.4 is 5.32 Å². The predicted octanol–water partition coefficient (Wildman–Crippen LogP) is 3.78. The van der Waals surface area contributed by atoms with Crippen LogP contribution in [0.5, 0.6) is 0 Å². The maximum absolute atomic E-state index is 13.5. The van der Waals surface area contributed by atoms with Gasteiger partial charge in [0, 0.05) is 19.8 Å². The van der Waals surface area contributed by atoms with Gasteiger partial charge >= 0.3 is 0 Å². The average molecular weight is 332 g/mol. The lowest BCUT2D eigenvalue weighted by Crippen LogP contribution is -2.33. The fourth-order valence-corrected chi connectivity index (χ4v) is 2.76. The molecule has 0 aromatic heterocycles. The summed E-state index contributed by atoms with van der Waals surface area (Å²) in [6, 6.07) is 5.55. The van der Waals surface area contributed by atoms with Crippen LogP contribution in [0, 0.1) is 11.7 Å². The molecule has 0 saturated heterocycles. The molecule has 0 amide bonds. The molecule has 1 N–H and O–H groups in total. The third-order valence-corrected chi connectivity index (χ3v) is 4.02. The van der Waals surface area contributed by atoms with E-state index in [2.05, 4.69) is 35.1 Å². The fraction of sp³-hybridized carbons (Fsp3) is 0.600. The Labute approximate surface area is 123 Å². The Morgan fingerprint density at radius 1 is 1.42 bits per heavy atom. The van der Waals surface area contributed by atoms with Crippen LogP contribution in [-0.4, -0.2) is 26.3 Å². The number of ether oxygens (including phenoxy) is 1. The van der Waals surface area contributed by atoms with E-state index < -0.39 is 0 Å². The average Bonchev–Trinajstić information content (AvgIpc) is 2.35. The van der Waals surface area contributed by atoms with Crippen molar-refractivity contribution >= 4 is 15.9 Å². The van der Waals surface area contributed by atoms with Gasteiger partial charge in [0.05, 0.1) is 4.47 Å². The minimum atomic E-state index is -0.197. The molecule has 0 fully saturated rings. The molecule has 2 atom stereocenters. The first-order valence-electron chi connectivity index (χ1n) is 6.73. The Bertz CT molecular complexity index is 386. The number of likely N-dealkylation sites (N-methyl/N-ethyl adjacent to an activating group) is 1. The summed E-state index contributed by atoms with van der Waals surface area (Å²) in [5.74, 6) is 0.291. The maximum Gasteiger partial charge on any atom is 0.137 e. The number of methoxy groups -OCH3 is 1. The second kappa shape index (κ2) is 8.67. The van der Waals surface area contributed by atoms with E-state index in [1.807, 2.05) is 6.07 Å². The summed E-state index contributed by atoms with van der Waals surface area (Å²) in [5, 5.41) is 3.47. The van der Waals surface area contributed by atoms with Crippen LogP contribution >= 0.6 is 15.9 Å². The van der Waals surface area contributed by atoms with E-state index in [4.69, 9.17) is 4.74 Å². The highest BCUT2D eigenvalue weighted by Gasteiger charge is 2.15. The van der Waals surface area contributed by atoms with Gasteiger partial charge in [-0.1, -0.05) is 26.0 Å². The largest absolute Gasteiger partial charge is 0.384 e. The lowest BCUT2D eigenvalue weighted by Gasteiger charge is -2.22. The Hall–Kier alpha value is -0.450. The maximum atomic E-state index is 13.5. The van der Waals surface area contributed by atoms with Crippen LogP contribution in [0.2, 0.25) is 0 Å². The van der Waals surface area contributed by atoms with Gasteiger partial charge < -0.3 is 10.1 Å². The molecule has 108 valence electrons. The third-order valence-electron chi connectivity index (χ3n) is 3.13. The quantitative estimate of drug-likeness (QED) is 0.782. The number of rotatable bonds is 8. The molecule has 0 spiro atoms. The van der Waals surface area contributed by atoms with Crippen LogP contribution in [0.25, 0.3) is 0 Å². The SMILES string of the molecule is CCNC(Cc1cccc(F)c1Br)CC(C)COC. The van der Waals surface area contributed by atoms with E-state index in [0.717, 1.165) is 31.6 Å². The van der Waals surface area contributed by atoms with Crippen molar-refractivity contribution in [3.05, 3.63) is 34.1 Å². The molecule has 0 aliphatic carbocycles. The van der Waals surface area contributed by atoms with Crippen LogP contribution in [0.15, 0.2) is 22.7 Å². The summed E-state index contributed by atoms with van der Waals surface area (Å²) < 4.78 is 19.3. The highest BCUT2D eigenvalue weighted by atomic mass is 79.9. The third kappa shape index (κ3) is 5.59. The Kier molecular flexibility index (Phi) is 7.57. The first kappa shape index (κ1) is 16.6. The number of halogens is 2. The monoisotopic (exact) mass is 331 g/mol. The minimum Gasteiger partial charge on any atom is -0.384 e. The highest BCUT2D eigenvalue weighted by molar-refractivity contribution is 9.10. The summed E-state index contributed by atoms with van der Waals surface area (Å²) in [6.07, 6.45) is 1.84. The summed E-state index contributed by atoms with van der Waals surface area (Å²) in [6.45, 7) is 5.94. The van der Waals surface area contributed by atoms with Crippen LogP contribution in [-0.2, 0) is 11.2 Å². The molecule has 2 unspecified atom stereocenters. The lowest BCUT2D eigenvalue weighted by molar-refractivity contribution is 0.149. The smallest absolute Gasteiger partial charge is 0.137 e. The van der Waals surface area contributed by atoms with Gasteiger partial charge in [0.1, 0.15) is 5.82 Å². The van der Waals surface area contributed by atoms with E-state index in [9.17, 15) is 4.39 Å². The molecular weight excluding hydrogens is 309 g/mol. The predicted molar refractivity (Wildman–Crippen MR) is 80.9 cm³/mol. The van der Waals surface area contributed by atoms with E-state index in [1.165, 1.54) is 6.07 Å². The Balaban J connectivity index is 2.69. The van der Waals surface area contributed by atoms with Gasteiger partial charge in [-0.25, -0.2) is 4.39 Å². The first-order valence-corrected chi connectivity index (χ1v) is 7.53. The number of benzene rings is 1. The molecule has 0 heterocycles. The minimum absolute atomic E-state index is 0.197. The standard InChI is InChI=1S/C15H23BrFNO/c1-4-18-13(8-11(2)10-19-3)9-12-6-5-7-14(17)15(12)16/h5-7,11,13,18H,4,8-10H2,1-3H3. The number of nitrogens with one attached hydrogen (secondary N) is 1. The molecule has 0 bridgehead atoms. The molecule has 0 aliphatic rings. The van der Waals surface area contributed by atoms with E-state index >= 15 is 0 Å². The topological polar surface area (TPSA) is 21.3 Å². The van der Waals surface area contributed by atoms with Gasteiger partial charge in [0.25, 0.3) is 0 Å². The molecule has 0 saturated carbocycles. The van der Waals surface area contributed by atoms with Gasteiger partial charge in [-0.2, -0.15) is 0 Å². The van der Waals surface area contributed by atoms with Crippen LogP contribution in [0.3, 0.4) is 0 Å². The molecule has 4 heteroatoms. The second-order valence-electron chi connectivity index (χ2n) is 4.97. The van der Waals surface area contributed by atoms with Crippen LogP contribution in [0.1, 0.15) is 25.8 Å². The van der Waals surface area contributed by atoms with E-state index in [1.54, 1.807) is 13.2 Å².